The highest BCUT2D eigenvalue weighted by Gasteiger charge is 2.45. The van der Waals surface area contributed by atoms with Crippen molar-refractivity contribution >= 4 is 17.7 Å². The van der Waals surface area contributed by atoms with E-state index in [1.54, 1.807) is 0 Å². The van der Waals surface area contributed by atoms with Gasteiger partial charge < -0.3 is 16.2 Å². The first kappa shape index (κ1) is 11.3. The normalized spacial score (nSPS) is 16.9. The molecule has 0 saturated heterocycles. The van der Waals surface area contributed by atoms with Crippen molar-refractivity contribution < 1.29 is 14.7 Å². The lowest BCUT2D eigenvalue weighted by Crippen LogP contribution is -2.52. The summed E-state index contributed by atoms with van der Waals surface area (Å²) in [5, 5.41) is 11.9. The van der Waals surface area contributed by atoms with Crippen LogP contribution in [0.5, 0.6) is 0 Å². The van der Waals surface area contributed by atoms with Crippen molar-refractivity contribution in [1.29, 1.82) is 0 Å². The van der Waals surface area contributed by atoms with Crippen LogP contribution in [0.2, 0.25) is 0 Å². The second kappa shape index (κ2) is 4.00. The van der Waals surface area contributed by atoms with Crippen LogP contribution in [0.15, 0.2) is 12.4 Å². The lowest BCUT2D eigenvalue weighted by Gasteiger charge is -2.38. The van der Waals surface area contributed by atoms with E-state index in [-0.39, 0.29) is 11.5 Å². The van der Waals surface area contributed by atoms with E-state index in [1.165, 1.54) is 12.4 Å². The number of rotatable bonds is 4. The molecule has 0 aromatic carbocycles. The van der Waals surface area contributed by atoms with Gasteiger partial charge in [0.15, 0.2) is 11.5 Å². The molecule has 1 amide bonds. The third-order valence-electron chi connectivity index (χ3n) is 2.91. The second-order valence-electron chi connectivity index (χ2n) is 3.98. The zero-order valence-electron chi connectivity index (χ0n) is 9.01. The number of carboxylic acids is 1. The molecule has 7 heteroatoms. The van der Waals surface area contributed by atoms with Crippen LogP contribution in [-0.4, -0.2) is 32.5 Å². The first-order valence-corrected chi connectivity index (χ1v) is 5.17. The van der Waals surface area contributed by atoms with Crippen LogP contribution in [0.4, 0.5) is 5.82 Å². The standard InChI is InChI=1S/C10H12N4O3/c11-7(15)6-8(13-5-4-12-6)14-10(9(16)17)2-1-3-10/h4-5H,1-3H2,(H2,11,15)(H,13,14)(H,16,17). The third-order valence-corrected chi connectivity index (χ3v) is 2.91. The molecule has 0 unspecified atom stereocenters. The molecule has 17 heavy (non-hydrogen) atoms. The highest BCUT2D eigenvalue weighted by atomic mass is 16.4. The van der Waals surface area contributed by atoms with Crippen molar-refractivity contribution in [3.05, 3.63) is 18.1 Å². The lowest BCUT2D eigenvalue weighted by atomic mass is 9.77. The van der Waals surface area contributed by atoms with Gasteiger partial charge in [-0.25, -0.2) is 14.8 Å². The number of carbonyl (C=O) groups excluding carboxylic acids is 1. The minimum atomic E-state index is -1.04. The molecule has 1 aliphatic carbocycles. The van der Waals surface area contributed by atoms with Gasteiger partial charge in [-0.15, -0.1) is 0 Å². The fourth-order valence-electron chi connectivity index (χ4n) is 1.76. The molecule has 0 spiro atoms. The molecule has 1 aromatic heterocycles. The molecule has 1 aliphatic rings. The number of hydrogen-bond acceptors (Lipinski definition) is 5. The van der Waals surface area contributed by atoms with Crippen molar-refractivity contribution in [3.63, 3.8) is 0 Å². The van der Waals surface area contributed by atoms with Crippen LogP contribution in [0, 0.1) is 0 Å². The third kappa shape index (κ3) is 1.91. The maximum absolute atomic E-state index is 11.2. The summed E-state index contributed by atoms with van der Waals surface area (Å²) in [7, 11) is 0. The highest BCUT2D eigenvalue weighted by molar-refractivity contribution is 5.96. The van der Waals surface area contributed by atoms with Crippen LogP contribution in [0.3, 0.4) is 0 Å². The monoisotopic (exact) mass is 236 g/mol. The van der Waals surface area contributed by atoms with Crippen molar-refractivity contribution in [2.24, 2.45) is 5.73 Å². The van der Waals surface area contributed by atoms with Crippen molar-refractivity contribution in [2.45, 2.75) is 24.8 Å². The summed E-state index contributed by atoms with van der Waals surface area (Å²) in [5.74, 6) is -1.56. The van der Waals surface area contributed by atoms with Gasteiger partial charge in [-0.2, -0.15) is 0 Å². The average Bonchev–Trinajstić information content (AvgIpc) is 2.23. The van der Waals surface area contributed by atoms with Crippen LogP contribution in [-0.2, 0) is 4.79 Å². The maximum atomic E-state index is 11.2. The number of aromatic nitrogens is 2. The molecule has 0 atom stereocenters. The molecule has 0 radical (unpaired) electrons. The Hall–Kier alpha value is -2.18. The second-order valence-corrected chi connectivity index (χ2v) is 3.98. The number of nitrogens with two attached hydrogens (primary N) is 1. The minimum absolute atomic E-state index is 0.0416. The SMILES string of the molecule is NC(=O)c1nccnc1NC1(C(=O)O)CCC1. The number of hydrogen-bond donors (Lipinski definition) is 3. The van der Waals surface area contributed by atoms with Crippen LogP contribution in [0.25, 0.3) is 0 Å². The number of nitrogens with one attached hydrogen (secondary N) is 1. The summed E-state index contributed by atoms with van der Waals surface area (Å²) >= 11 is 0. The summed E-state index contributed by atoms with van der Waals surface area (Å²) in [6.07, 6.45) is 4.53. The number of carbonyl (C=O) groups is 2. The van der Waals surface area contributed by atoms with Gasteiger partial charge in [0.2, 0.25) is 0 Å². The molecule has 4 N–H and O–H groups in total. The average molecular weight is 236 g/mol. The summed E-state index contributed by atoms with van der Waals surface area (Å²) in [6, 6.07) is 0. The fourth-order valence-corrected chi connectivity index (χ4v) is 1.76. The molecule has 2 rings (SSSR count). The number of carboxylic acid groups (broad SMARTS) is 1. The summed E-state index contributed by atoms with van der Waals surface area (Å²) in [4.78, 5) is 30.0. The quantitative estimate of drug-likeness (QED) is 0.676. The predicted molar refractivity (Wildman–Crippen MR) is 58.4 cm³/mol. The van der Waals surface area contributed by atoms with Crippen molar-refractivity contribution in [2.75, 3.05) is 5.32 Å². The van der Waals surface area contributed by atoms with E-state index in [9.17, 15) is 9.59 Å². The first-order chi connectivity index (χ1) is 8.05. The van der Waals surface area contributed by atoms with Gasteiger partial charge in [-0.1, -0.05) is 0 Å². The highest BCUT2D eigenvalue weighted by Crippen LogP contribution is 2.35. The van der Waals surface area contributed by atoms with Crippen LogP contribution < -0.4 is 11.1 Å². The zero-order chi connectivity index (χ0) is 12.5. The van der Waals surface area contributed by atoms with E-state index in [2.05, 4.69) is 15.3 Å². The molecule has 1 heterocycles. The molecular weight excluding hydrogens is 224 g/mol. The summed E-state index contributed by atoms with van der Waals surface area (Å²) in [6.45, 7) is 0. The van der Waals surface area contributed by atoms with Gasteiger partial charge in [0, 0.05) is 12.4 Å². The van der Waals surface area contributed by atoms with Gasteiger partial charge in [0.05, 0.1) is 0 Å². The Morgan fingerprint density at radius 1 is 1.35 bits per heavy atom. The van der Waals surface area contributed by atoms with E-state index in [0.29, 0.717) is 12.8 Å². The van der Waals surface area contributed by atoms with E-state index in [0.717, 1.165) is 6.42 Å². The molecular formula is C10H12N4O3. The number of nitrogens with zero attached hydrogens (tertiary/aromatic N) is 2. The number of anilines is 1. The largest absolute Gasteiger partial charge is 0.480 e. The summed E-state index contributed by atoms with van der Waals surface area (Å²) in [5.41, 5.74) is 4.06. The van der Waals surface area contributed by atoms with E-state index < -0.39 is 17.4 Å². The van der Waals surface area contributed by atoms with Crippen LogP contribution in [0.1, 0.15) is 29.8 Å². The Labute approximate surface area is 97.1 Å². The summed E-state index contributed by atoms with van der Waals surface area (Å²) < 4.78 is 0. The Morgan fingerprint density at radius 3 is 2.47 bits per heavy atom. The molecule has 1 fully saturated rings. The Kier molecular flexibility index (Phi) is 2.66. The number of aliphatic carboxylic acids is 1. The molecule has 0 bridgehead atoms. The molecule has 1 aromatic rings. The Bertz CT molecular complexity index is 470. The van der Waals surface area contributed by atoms with Gasteiger partial charge >= 0.3 is 5.97 Å². The molecule has 0 aliphatic heterocycles. The molecule has 90 valence electrons. The van der Waals surface area contributed by atoms with Crippen molar-refractivity contribution in [1.82, 2.24) is 9.97 Å². The van der Waals surface area contributed by atoms with Gasteiger partial charge in [0.1, 0.15) is 5.54 Å². The zero-order valence-corrected chi connectivity index (χ0v) is 9.01. The topological polar surface area (TPSA) is 118 Å². The van der Waals surface area contributed by atoms with Gasteiger partial charge in [-0.05, 0) is 19.3 Å². The molecule has 7 nitrogen and oxygen atoms in total. The fraction of sp³-hybridized carbons (Fsp3) is 0.400. The number of primary amides is 1. The van der Waals surface area contributed by atoms with E-state index in [4.69, 9.17) is 10.8 Å². The van der Waals surface area contributed by atoms with Gasteiger partial charge in [0.25, 0.3) is 5.91 Å². The lowest BCUT2D eigenvalue weighted by molar-refractivity contribution is -0.145. The van der Waals surface area contributed by atoms with Crippen LogP contribution >= 0.6 is 0 Å². The Morgan fingerprint density at radius 2 is 2.00 bits per heavy atom. The minimum Gasteiger partial charge on any atom is -0.480 e. The number of amides is 1. The first-order valence-electron chi connectivity index (χ1n) is 5.17. The van der Waals surface area contributed by atoms with E-state index in [1.807, 2.05) is 0 Å². The smallest absolute Gasteiger partial charge is 0.329 e. The van der Waals surface area contributed by atoms with E-state index >= 15 is 0 Å². The van der Waals surface area contributed by atoms with Gasteiger partial charge in [-0.3, -0.25) is 4.79 Å². The van der Waals surface area contributed by atoms with Crippen molar-refractivity contribution in [3.8, 4) is 0 Å². The molecule has 1 saturated carbocycles. The Balaban J connectivity index is 2.29. The maximum Gasteiger partial charge on any atom is 0.329 e. The predicted octanol–water partition coefficient (Wildman–Crippen LogP) is -0.00530.